The molecule has 0 unspecified atom stereocenters. The Labute approximate surface area is 104 Å². The van der Waals surface area contributed by atoms with Crippen molar-refractivity contribution < 1.29 is 13.2 Å². The SMILES string of the molecule is CCc1cc(C(F)(F)F)cc(C(C)(S)S)c1. The highest BCUT2D eigenvalue weighted by Crippen LogP contribution is 2.37. The van der Waals surface area contributed by atoms with Crippen LogP contribution in [-0.4, -0.2) is 0 Å². The van der Waals surface area contributed by atoms with Crippen molar-refractivity contribution in [1.82, 2.24) is 0 Å². The van der Waals surface area contributed by atoms with E-state index in [1.807, 2.05) is 6.92 Å². The summed E-state index contributed by atoms with van der Waals surface area (Å²) in [4.78, 5) is 0. The van der Waals surface area contributed by atoms with Crippen LogP contribution < -0.4 is 0 Å². The van der Waals surface area contributed by atoms with Gasteiger partial charge in [0.05, 0.1) is 9.64 Å². The molecule has 0 heterocycles. The molecule has 1 rings (SSSR count). The molecule has 0 spiro atoms. The molecule has 0 saturated heterocycles. The van der Waals surface area contributed by atoms with Crippen molar-refractivity contribution in [2.75, 3.05) is 0 Å². The first-order valence-corrected chi connectivity index (χ1v) is 5.70. The van der Waals surface area contributed by atoms with Crippen molar-refractivity contribution >= 4 is 25.3 Å². The molecule has 5 heteroatoms. The first-order chi connectivity index (χ1) is 7.14. The molecule has 1 aromatic rings. The molecule has 0 aliphatic rings. The summed E-state index contributed by atoms with van der Waals surface area (Å²) in [5, 5.41) is 0. The number of benzene rings is 1. The van der Waals surface area contributed by atoms with E-state index in [0.717, 1.165) is 12.1 Å². The van der Waals surface area contributed by atoms with E-state index in [0.29, 0.717) is 17.5 Å². The Balaban J connectivity index is 3.33. The van der Waals surface area contributed by atoms with Gasteiger partial charge in [-0.15, -0.1) is 0 Å². The molecule has 0 radical (unpaired) electrons. The summed E-state index contributed by atoms with van der Waals surface area (Å²) >= 11 is 8.34. The lowest BCUT2D eigenvalue weighted by Crippen LogP contribution is -2.11. The van der Waals surface area contributed by atoms with Crippen LogP contribution in [0, 0.1) is 0 Å². The van der Waals surface area contributed by atoms with Gasteiger partial charge in [-0.1, -0.05) is 13.0 Å². The summed E-state index contributed by atoms with van der Waals surface area (Å²) in [5.41, 5.74) is 0.459. The molecule has 90 valence electrons. The fourth-order valence-corrected chi connectivity index (χ4v) is 1.59. The van der Waals surface area contributed by atoms with Crippen LogP contribution in [0.2, 0.25) is 0 Å². The maximum absolute atomic E-state index is 12.6. The summed E-state index contributed by atoms with van der Waals surface area (Å²) in [6.07, 6.45) is -3.78. The second-order valence-electron chi connectivity index (χ2n) is 3.79. The van der Waals surface area contributed by atoms with E-state index in [1.54, 1.807) is 13.0 Å². The van der Waals surface area contributed by atoms with Gasteiger partial charge in [0.15, 0.2) is 0 Å². The van der Waals surface area contributed by atoms with Crippen LogP contribution in [0.4, 0.5) is 13.2 Å². The first kappa shape index (κ1) is 13.8. The maximum Gasteiger partial charge on any atom is 0.416 e. The number of halogens is 3. The highest BCUT2D eigenvalue weighted by molar-refractivity contribution is 7.99. The van der Waals surface area contributed by atoms with Gasteiger partial charge in [0.2, 0.25) is 0 Å². The average Bonchev–Trinajstić information content (AvgIpc) is 2.14. The third-order valence-corrected chi connectivity index (χ3v) is 2.79. The molecule has 0 nitrogen and oxygen atoms in total. The highest BCUT2D eigenvalue weighted by atomic mass is 32.2. The zero-order chi connectivity index (χ0) is 12.6. The van der Waals surface area contributed by atoms with Crippen LogP contribution in [0.15, 0.2) is 18.2 Å². The lowest BCUT2D eigenvalue weighted by atomic mass is 10.0. The van der Waals surface area contributed by atoms with E-state index >= 15 is 0 Å². The van der Waals surface area contributed by atoms with E-state index in [9.17, 15) is 13.2 Å². The molecular formula is C11H13F3S2. The Morgan fingerprint density at radius 1 is 1.06 bits per heavy atom. The van der Waals surface area contributed by atoms with E-state index in [4.69, 9.17) is 0 Å². The zero-order valence-electron chi connectivity index (χ0n) is 8.97. The van der Waals surface area contributed by atoms with E-state index < -0.39 is 15.8 Å². The molecule has 16 heavy (non-hydrogen) atoms. The van der Waals surface area contributed by atoms with Gasteiger partial charge in [0, 0.05) is 0 Å². The number of aryl methyl sites for hydroxylation is 1. The number of hydrogen-bond donors (Lipinski definition) is 2. The van der Waals surface area contributed by atoms with E-state index in [-0.39, 0.29) is 0 Å². The number of rotatable bonds is 2. The number of hydrogen-bond acceptors (Lipinski definition) is 2. The van der Waals surface area contributed by atoms with Crippen LogP contribution in [0.3, 0.4) is 0 Å². The predicted octanol–water partition coefficient (Wildman–Crippen LogP) is 4.30. The second-order valence-corrected chi connectivity index (χ2v) is 5.93. The van der Waals surface area contributed by atoms with Crippen LogP contribution >= 0.6 is 25.3 Å². The average molecular weight is 266 g/mol. The van der Waals surface area contributed by atoms with Gasteiger partial charge in [0.25, 0.3) is 0 Å². The topological polar surface area (TPSA) is 0 Å². The summed E-state index contributed by atoms with van der Waals surface area (Å²) in [6.45, 7) is 3.46. The Bertz CT molecular complexity index is 346. The molecule has 0 aliphatic carbocycles. The normalized spacial score (nSPS) is 12.9. The van der Waals surface area contributed by atoms with Crippen LogP contribution in [-0.2, 0) is 16.7 Å². The smallest absolute Gasteiger partial charge is 0.166 e. The minimum Gasteiger partial charge on any atom is -0.166 e. The Morgan fingerprint density at radius 3 is 1.94 bits per heavy atom. The Morgan fingerprint density at radius 2 is 1.56 bits per heavy atom. The minimum absolute atomic E-state index is 0.464. The van der Waals surface area contributed by atoms with E-state index in [2.05, 4.69) is 25.3 Å². The molecule has 1 aromatic carbocycles. The van der Waals surface area contributed by atoms with Gasteiger partial charge in [-0.2, -0.15) is 38.4 Å². The van der Waals surface area contributed by atoms with Crippen molar-refractivity contribution in [1.29, 1.82) is 0 Å². The largest absolute Gasteiger partial charge is 0.416 e. The van der Waals surface area contributed by atoms with Gasteiger partial charge in [0.1, 0.15) is 0 Å². The lowest BCUT2D eigenvalue weighted by molar-refractivity contribution is -0.137. The summed E-state index contributed by atoms with van der Waals surface area (Å²) in [5.74, 6) is 0. The number of thiol groups is 2. The second kappa shape index (κ2) is 4.53. The van der Waals surface area contributed by atoms with Crippen molar-refractivity contribution in [2.24, 2.45) is 0 Å². The third-order valence-electron chi connectivity index (χ3n) is 2.28. The summed E-state index contributed by atoms with van der Waals surface area (Å²) in [7, 11) is 0. The minimum atomic E-state index is -4.33. The van der Waals surface area contributed by atoms with Crippen molar-refractivity contribution in [3.63, 3.8) is 0 Å². The van der Waals surface area contributed by atoms with Crippen LogP contribution in [0.5, 0.6) is 0 Å². The van der Waals surface area contributed by atoms with Crippen LogP contribution in [0.1, 0.15) is 30.5 Å². The standard InChI is InChI=1S/C11H13F3S2/c1-3-7-4-8(10(2,15)16)6-9(5-7)11(12,13)14/h4-6,15-16H,3H2,1-2H3. The van der Waals surface area contributed by atoms with Crippen molar-refractivity contribution in [2.45, 2.75) is 30.5 Å². The van der Waals surface area contributed by atoms with Gasteiger partial charge >= 0.3 is 6.18 Å². The molecule has 0 bridgehead atoms. The molecular weight excluding hydrogens is 253 g/mol. The molecule has 0 N–H and O–H groups in total. The maximum atomic E-state index is 12.6. The molecule has 0 saturated carbocycles. The fraction of sp³-hybridized carbons (Fsp3) is 0.455. The quantitative estimate of drug-likeness (QED) is 0.578. The fourth-order valence-electron chi connectivity index (χ4n) is 1.33. The Hall–Kier alpha value is -0.290. The summed E-state index contributed by atoms with van der Waals surface area (Å²) < 4.78 is 37.0. The molecule has 0 fully saturated rings. The van der Waals surface area contributed by atoms with Crippen molar-refractivity contribution in [3.05, 3.63) is 34.9 Å². The predicted molar refractivity (Wildman–Crippen MR) is 66.1 cm³/mol. The summed E-state index contributed by atoms with van der Waals surface area (Å²) in [6, 6.07) is 3.96. The first-order valence-electron chi connectivity index (χ1n) is 4.81. The van der Waals surface area contributed by atoms with E-state index in [1.165, 1.54) is 0 Å². The molecule has 0 aliphatic heterocycles. The van der Waals surface area contributed by atoms with Crippen molar-refractivity contribution in [3.8, 4) is 0 Å². The van der Waals surface area contributed by atoms with Gasteiger partial charge in [-0.25, -0.2) is 0 Å². The molecule has 0 aromatic heterocycles. The molecule has 0 amide bonds. The monoisotopic (exact) mass is 266 g/mol. The lowest BCUT2D eigenvalue weighted by Gasteiger charge is -2.20. The van der Waals surface area contributed by atoms with Gasteiger partial charge in [-0.05, 0) is 36.6 Å². The Kier molecular flexibility index (Phi) is 3.90. The molecule has 0 atom stereocenters. The van der Waals surface area contributed by atoms with Gasteiger partial charge in [-0.3, -0.25) is 0 Å². The van der Waals surface area contributed by atoms with Crippen LogP contribution in [0.25, 0.3) is 0 Å². The number of alkyl halides is 3. The highest BCUT2D eigenvalue weighted by Gasteiger charge is 2.32. The third kappa shape index (κ3) is 3.35. The zero-order valence-corrected chi connectivity index (χ0v) is 10.8. The van der Waals surface area contributed by atoms with Gasteiger partial charge < -0.3 is 0 Å².